The van der Waals surface area contributed by atoms with Gasteiger partial charge in [-0.15, -0.1) is 12.4 Å². The highest BCUT2D eigenvalue weighted by atomic mass is 35.5. The van der Waals surface area contributed by atoms with Crippen LogP contribution >= 0.6 is 12.4 Å². The molecule has 1 aliphatic rings. The molecular weight excluding hydrogens is 318 g/mol. The van der Waals surface area contributed by atoms with Crippen molar-refractivity contribution in [1.82, 2.24) is 9.55 Å². The summed E-state index contributed by atoms with van der Waals surface area (Å²) in [5.74, 6) is 1.01. The van der Waals surface area contributed by atoms with Gasteiger partial charge in [-0.2, -0.15) is 0 Å². The highest BCUT2D eigenvalue weighted by Crippen LogP contribution is 2.43. The summed E-state index contributed by atoms with van der Waals surface area (Å²) in [4.78, 5) is 4.71. The number of aryl methyl sites for hydroxylation is 2. The van der Waals surface area contributed by atoms with Crippen molar-refractivity contribution in [1.29, 1.82) is 0 Å². The van der Waals surface area contributed by atoms with Crippen LogP contribution in [-0.2, 0) is 6.54 Å². The van der Waals surface area contributed by atoms with Crippen LogP contribution in [0.1, 0.15) is 41.3 Å². The van der Waals surface area contributed by atoms with E-state index >= 15 is 0 Å². The Morgan fingerprint density at radius 1 is 1.12 bits per heavy atom. The zero-order chi connectivity index (χ0) is 16.0. The molecule has 0 unspecified atom stereocenters. The van der Waals surface area contributed by atoms with Gasteiger partial charge < -0.3 is 9.88 Å². The highest BCUT2D eigenvalue weighted by molar-refractivity contribution is 5.95. The van der Waals surface area contributed by atoms with E-state index in [9.17, 15) is 0 Å². The van der Waals surface area contributed by atoms with Crippen molar-refractivity contribution in [2.24, 2.45) is 0 Å². The summed E-state index contributed by atoms with van der Waals surface area (Å²) in [5.41, 5.74) is 6.63. The minimum atomic E-state index is 0. The van der Waals surface area contributed by atoms with E-state index in [4.69, 9.17) is 4.98 Å². The molecule has 1 aliphatic carbocycles. The first-order chi connectivity index (χ1) is 11.2. The van der Waals surface area contributed by atoms with Gasteiger partial charge in [-0.25, -0.2) is 4.98 Å². The van der Waals surface area contributed by atoms with Crippen molar-refractivity contribution >= 4 is 29.1 Å². The third-order valence-electron chi connectivity index (χ3n) is 4.98. The Hall–Kier alpha value is -2.00. The van der Waals surface area contributed by atoms with Gasteiger partial charge in [-0.3, -0.25) is 0 Å². The van der Waals surface area contributed by atoms with E-state index in [1.165, 1.54) is 46.1 Å². The van der Waals surface area contributed by atoms with E-state index in [1.54, 1.807) is 0 Å². The number of hydrogen-bond acceptors (Lipinski definition) is 2. The van der Waals surface area contributed by atoms with Gasteiger partial charge in [-0.05, 0) is 50.3 Å². The maximum Gasteiger partial charge on any atom is 0.150 e. The number of benzene rings is 1. The first-order valence-electron chi connectivity index (χ1n) is 8.41. The van der Waals surface area contributed by atoms with Crippen LogP contribution in [0.2, 0.25) is 0 Å². The second-order valence-corrected chi connectivity index (χ2v) is 6.66. The van der Waals surface area contributed by atoms with Crippen molar-refractivity contribution < 1.29 is 0 Å². The molecule has 0 spiro atoms. The Morgan fingerprint density at radius 2 is 1.83 bits per heavy atom. The number of fused-ring (bicyclic) bond motifs is 1. The SMILES string of the molecule is Cc1cnc(NCc2ccccc2)c2c1c(C)c(C)n2C1CC1.Cl. The summed E-state index contributed by atoms with van der Waals surface area (Å²) in [6, 6.07) is 11.2. The summed E-state index contributed by atoms with van der Waals surface area (Å²) in [5, 5.41) is 4.94. The maximum absolute atomic E-state index is 4.71. The van der Waals surface area contributed by atoms with Crippen LogP contribution < -0.4 is 5.32 Å². The van der Waals surface area contributed by atoms with Crippen LogP contribution in [0.4, 0.5) is 5.82 Å². The quantitative estimate of drug-likeness (QED) is 0.695. The summed E-state index contributed by atoms with van der Waals surface area (Å²) < 4.78 is 2.51. The topological polar surface area (TPSA) is 29.9 Å². The van der Waals surface area contributed by atoms with Gasteiger partial charge in [0.2, 0.25) is 0 Å². The number of nitrogens with one attached hydrogen (secondary N) is 1. The molecule has 1 N–H and O–H groups in total. The summed E-state index contributed by atoms with van der Waals surface area (Å²) >= 11 is 0. The van der Waals surface area contributed by atoms with Gasteiger partial charge in [0, 0.05) is 29.9 Å². The van der Waals surface area contributed by atoms with Crippen LogP contribution in [-0.4, -0.2) is 9.55 Å². The summed E-state index contributed by atoms with van der Waals surface area (Å²) in [7, 11) is 0. The van der Waals surface area contributed by atoms with Gasteiger partial charge in [0.1, 0.15) is 0 Å². The van der Waals surface area contributed by atoms with Crippen LogP contribution in [0.25, 0.3) is 10.9 Å². The maximum atomic E-state index is 4.71. The fourth-order valence-electron chi connectivity index (χ4n) is 3.53. The van der Waals surface area contributed by atoms with E-state index in [-0.39, 0.29) is 12.4 Å². The van der Waals surface area contributed by atoms with Crippen molar-refractivity contribution in [3.63, 3.8) is 0 Å². The predicted molar refractivity (Wildman–Crippen MR) is 103 cm³/mol. The number of aromatic nitrogens is 2. The van der Waals surface area contributed by atoms with Crippen LogP contribution in [0, 0.1) is 20.8 Å². The lowest BCUT2D eigenvalue weighted by molar-refractivity contribution is 0.745. The monoisotopic (exact) mass is 341 g/mol. The third kappa shape index (κ3) is 2.78. The van der Waals surface area contributed by atoms with Crippen molar-refractivity contribution in [2.45, 2.75) is 46.2 Å². The molecule has 4 rings (SSSR count). The van der Waals surface area contributed by atoms with Gasteiger partial charge in [0.05, 0.1) is 5.52 Å². The fraction of sp³-hybridized carbons (Fsp3) is 0.350. The lowest BCUT2D eigenvalue weighted by Crippen LogP contribution is -2.05. The third-order valence-corrected chi connectivity index (χ3v) is 4.98. The van der Waals surface area contributed by atoms with Crippen molar-refractivity contribution in [2.75, 3.05) is 5.32 Å². The lowest BCUT2D eigenvalue weighted by atomic mass is 10.1. The Labute approximate surface area is 149 Å². The summed E-state index contributed by atoms with van der Waals surface area (Å²) in [6.07, 6.45) is 4.57. The highest BCUT2D eigenvalue weighted by Gasteiger charge is 2.29. The number of rotatable bonds is 4. The van der Waals surface area contributed by atoms with Crippen molar-refractivity contribution in [3.05, 3.63) is 58.9 Å². The molecule has 2 aromatic heterocycles. The zero-order valence-electron chi connectivity index (χ0n) is 14.5. The normalized spacial score (nSPS) is 13.8. The number of hydrogen-bond donors (Lipinski definition) is 1. The molecule has 1 aromatic carbocycles. The molecule has 126 valence electrons. The van der Waals surface area contributed by atoms with Gasteiger partial charge in [0.25, 0.3) is 0 Å². The molecule has 4 heteroatoms. The van der Waals surface area contributed by atoms with Gasteiger partial charge in [-0.1, -0.05) is 30.3 Å². The number of halogens is 1. The smallest absolute Gasteiger partial charge is 0.150 e. The second-order valence-electron chi connectivity index (χ2n) is 6.66. The molecule has 1 fully saturated rings. The Bertz CT molecular complexity index is 864. The van der Waals surface area contributed by atoms with Crippen molar-refractivity contribution in [3.8, 4) is 0 Å². The molecule has 2 heterocycles. The molecule has 0 saturated heterocycles. The van der Waals surface area contributed by atoms with Crippen LogP contribution in [0.3, 0.4) is 0 Å². The Morgan fingerprint density at radius 3 is 2.50 bits per heavy atom. The zero-order valence-corrected chi connectivity index (χ0v) is 15.3. The molecule has 24 heavy (non-hydrogen) atoms. The van der Waals surface area contributed by atoms with Gasteiger partial charge >= 0.3 is 0 Å². The minimum Gasteiger partial charge on any atom is -0.364 e. The first-order valence-corrected chi connectivity index (χ1v) is 8.41. The molecule has 0 amide bonds. The van der Waals surface area contributed by atoms with Crippen LogP contribution in [0.15, 0.2) is 36.5 Å². The number of nitrogens with zero attached hydrogens (tertiary/aromatic N) is 2. The molecule has 0 aliphatic heterocycles. The predicted octanol–water partition coefficient (Wildman–Crippen LogP) is 5.33. The fourth-order valence-corrected chi connectivity index (χ4v) is 3.53. The van der Waals surface area contributed by atoms with E-state index in [2.05, 4.69) is 61.0 Å². The first kappa shape index (κ1) is 16.8. The Kier molecular flexibility index (Phi) is 4.55. The van der Waals surface area contributed by atoms with Crippen LogP contribution in [0.5, 0.6) is 0 Å². The Balaban J connectivity index is 0.00000169. The second kappa shape index (κ2) is 6.48. The minimum absolute atomic E-state index is 0. The molecule has 0 radical (unpaired) electrons. The summed E-state index contributed by atoms with van der Waals surface area (Å²) in [6.45, 7) is 7.46. The standard InChI is InChI=1S/C20H23N3.ClH/c1-13-11-21-20(22-12-16-7-5-4-6-8-16)19-18(13)14(2)15(3)23(19)17-9-10-17;/h4-8,11,17H,9-10,12H2,1-3H3,(H,21,22);1H. The number of pyridine rings is 1. The molecule has 0 bridgehead atoms. The van der Waals surface area contributed by atoms with E-state index in [1.807, 2.05) is 6.20 Å². The van der Waals surface area contributed by atoms with E-state index < -0.39 is 0 Å². The van der Waals surface area contributed by atoms with E-state index in [0.717, 1.165) is 12.4 Å². The molecule has 3 aromatic rings. The average molecular weight is 342 g/mol. The lowest BCUT2D eigenvalue weighted by Gasteiger charge is -2.12. The largest absolute Gasteiger partial charge is 0.364 e. The molecular formula is C20H24ClN3. The molecule has 3 nitrogen and oxygen atoms in total. The molecule has 1 saturated carbocycles. The number of anilines is 1. The van der Waals surface area contributed by atoms with E-state index in [0.29, 0.717) is 6.04 Å². The molecule has 0 atom stereocenters. The average Bonchev–Trinajstić information content (AvgIpc) is 3.36. The van der Waals surface area contributed by atoms with Gasteiger partial charge in [0.15, 0.2) is 5.82 Å².